The third-order valence-corrected chi connectivity index (χ3v) is 5.26. The van der Waals surface area contributed by atoms with E-state index in [1.165, 1.54) is 11.1 Å². The quantitative estimate of drug-likeness (QED) is 0.401. The van der Waals surface area contributed by atoms with Crippen molar-refractivity contribution in [1.29, 1.82) is 0 Å². The summed E-state index contributed by atoms with van der Waals surface area (Å²) in [5, 5.41) is 1.07. The van der Waals surface area contributed by atoms with Crippen LogP contribution in [0, 0.1) is 6.92 Å². The first-order valence-electron chi connectivity index (χ1n) is 8.40. The normalized spacial score (nSPS) is 12.2. The van der Waals surface area contributed by atoms with Crippen molar-refractivity contribution in [2.75, 3.05) is 0 Å². The van der Waals surface area contributed by atoms with Crippen LogP contribution in [0.3, 0.4) is 0 Å². The summed E-state index contributed by atoms with van der Waals surface area (Å²) in [5.74, 6) is 1.02. The van der Waals surface area contributed by atoms with Gasteiger partial charge in [0, 0.05) is 10.8 Å². The van der Waals surface area contributed by atoms with Crippen molar-refractivity contribution in [3.8, 4) is 11.1 Å². The summed E-state index contributed by atoms with van der Waals surface area (Å²) in [7, 11) is 0. The minimum atomic E-state index is -0.0832. The number of imidazole rings is 1. The number of halogens is 1. The summed E-state index contributed by atoms with van der Waals surface area (Å²) in [6, 6.07) is 16.9. The number of benzene rings is 2. The van der Waals surface area contributed by atoms with Gasteiger partial charge in [-0.05, 0) is 46.1 Å². The molecule has 0 saturated heterocycles. The summed E-state index contributed by atoms with van der Waals surface area (Å²) in [6.07, 6.45) is 0. The van der Waals surface area contributed by atoms with E-state index in [0.29, 0.717) is 0 Å². The molecule has 0 radical (unpaired) electrons. The Hall–Kier alpha value is -2.20. The highest BCUT2D eigenvalue weighted by molar-refractivity contribution is 9.10. The lowest BCUT2D eigenvalue weighted by molar-refractivity contribution is 0.537. The second-order valence-electron chi connectivity index (χ2n) is 7.43. The van der Waals surface area contributed by atoms with E-state index in [1.807, 2.05) is 6.07 Å². The molecular formula is C21H20BrN3. The van der Waals surface area contributed by atoms with E-state index < -0.39 is 0 Å². The molecular weight excluding hydrogens is 374 g/mol. The maximum atomic E-state index is 5.04. The standard InChI is InChI=1S/C21H20BrN3/c1-13-18(22)24-19-16-11-10-15(14-8-6-5-7-9-14)12-17(16)23-20(25(13)19)21(2,3)4/h5-12H,1-4H3. The Morgan fingerprint density at radius 3 is 2.32 bits per heavy atom. The molecule has 0 saturated carbocycles. The van der Waals surface area contributed by atoms with Gasteiger partial charge in [-0.15, -0.1) is 0 Å². The minimum Gasteiger partial charge on any atom is -0.283 e. The zero-order chi connectivity index (χ0) is 17.8. The Morgan fingerprint density at radius 2 is 1.64 bits per heavy atom. The maximum absolute atomic E-state index is 5.04. The van der Waals surface area contributed by atoms with E-state index in [1.54, 1.807) is 0 Å². The second kappa shape index (κ2) is 5.67. The molecule has 0 atom stereocenters. The Bertz CT molecular complexity index is 1090. The lowest BCUT2D eigenvalue weighted by Crippen LogP contribution is -2.19. The number of hydrogen-bond donors (Lipinski definition) is 0. The molecule has 0 fully saturated rings. The van der Waals surface area contributed by atoms with Gasteiger partial charge >= 0.3 is 0 Å². The molecule has 126 valence electrons. The smallest absolute Gasteiger partial charge is 0.149 e. The summed E-state index contributed by atoms with van der Waals surface area (Å²) in [4.78, 5) is 9.79. The summed E-state index contributed by atoms with van der Waals surface area (Å²) in [5.41, 5.74) is 5.31. The van der Waals surface area contributed by atoms with E-state index >= 15 is 0 Å². The van der Waals surface area contributed by atoms with E-state index in [0.717, 1.165) is 32.7 Å². The number of aryl methyl sites for hydroxylation is 1. The lowest BCUT2D eigenvalue weighted by atomic mass is 9.94. The molecule has 0 unspecified atom stereocenters. The first kappa shape index (κ1) is 16.3. The molecule has 0 N–H and O–H groups in total. The molecule has 0 aliphatic carbocycles. The monoisotopic (exact) mass is 393 g/mol. The van der Waals surface area contributed by atoms with Crippen LogP contribution in [-0.2, 0) is 5.41 Å². The first-order chi connectivity index (χ1) is 11.9. The van der Waals surface area contributed by atoms with Gasteiger partial charge in [-0.3, -0.25) is 4.40 Å². The van der Waals surface area contributed by atoms with Crippen LogP contribution in [0.5, 0.6) is 0 Å². The fourth-order valence-corrected chi connectivity index (χ4v) is 3.55. The van der Waals surface area contributed by atoms with Gasteiger partial charge in [0.1, 0.15) is 16.1 Å². The van der Waals surface area contributed by atoms with Crippen molar-refractivity contribution < 1.29 is 0 Å². The van der Waals surface area contributed by atoms with Crippen LogP contribution in [0.1, 0.15) is 32.3 Å². The van der Waals surface area contributed by atoms with Crippen LogP contribution in [0.2, 0.25) is 0 Å². The molecule has 2 aromatic heterocycles. The van der Waals surface area contributed by atoms with Gasteiger partial charge in [-0.2, -0.15) is 0 Å². The Labute approximate surface area is 155 Å². The van der Waals surface area contributed by atoms with Crippen LogP contribution in [0.4, 0.5) is 0 Å². The molecule has 0 spiro atoms. The summed E-state index contributed by atoms with van der Waals surface area (Å²) in [6.45, 7) is 8.64. The molecule has 25 heavy (non-hydrogen) atoms. The number of hydrogen-bond acceptors (Lipinski definition) is 2. The summed E-state index contributed by atoms with van der Waals surface area (Å²) < 4.78 is 3.05. The molecule has 0 aliphatic heterocycles. The average molecular weight is 394 g/mol. The molecule has 0 aliphatic rings. The van der Waals surface area contributed by atoms with Crippen LogP contribution in [-0.4, -0.2) is 14.4 Å². The van der Waals surface area contributed by atoms with Gasteiger partial charge in [-0.25, -0.2) is 9.97 Å². The molecule has 2 aromatic carbocycles. The maximum Gasteiger partial charge on any atom is 0.149 e. The van der Waals surface area contributed by atoms with Crippen molar-refractivity contribution in [2.24, 2.45) is 0 Å². The molecule has 3 nitrogen and oxygen atoms in total. The zero-order valence-corrected chi connectivity index (χ0v) is 16.4. The van der Waals surface area contributed by atoms with Gasteiger partial charge in [-0.1, -0.05) is 57.2 Å². The fourth-order valence-electron chi connectivity index (χ4n) is 3.21. The number of fused-ring (bicyclic) bond motifs is 3. The predicted octanol–water partition coefficient (Wildman–Crippen LogP) is 5.92. The van der Waals surface area contributed by atoms with Gasteiger partial charge in [0.05, 0.1) is 11.2 Å². The average Bonchev–Trinajstić information content (AvgIpc) is 2.89. The van der Waals surface area contributed by atoms with Crippen molar-refractivity contribution >= 4 is 32.5 Å². The Balaban J connectivity index is 2.09. The van der Waals surface area contributed by atoms with Crippen molar-refractivity contribution in [3.05, 3.63) is 64.7 Å². The van der Waals surface area contributed by atoms with Gasteiger partial charge in [0.25, 0.3) is 0 Å². The second-order valence-corrected chi connectivity index (χ2v) is 8.18. The highest BCUT2D eigenvalue weighted by atomic mass is 79.9. The number of rotatable bonds is 1. The number of nitrogens with zero attached hydrogens (tertiary/aromatic N) is 3. The third-order valence-electron chi connectivity index (χ3n) is 4.50. The van der Waals surface area contributed by atoms with Crippen LogP contribution < -0.4 is 0 Å². The topological polar surface area (TPSA) is 30.2 Å². The molecule has 0 amide bonds. The van der Waals surface area contributed by atoms with E-state index in [4.69, 9.17) is 9.97 Å². The molecule has 4 rings (SSSR count). The van der Waals surface area contributed by atoms with Crippen LogP contribution >= 0.6 is 15.9 Å². The summed E-state index contributed by atoms with van der Waals surface area (Å²) >= 11 is 3.59. The fraction of sp³-hybridized carbons (Fsp3) is 0.238. The third kappa shape index (κ3) is 2.65. The predicted molar refractivity (Wildman–Crippen MR) is 107 cm³/mol. The van der Waals surface area contributed by atoms with Gasteiger partial charge in [0.2, 0.25) is 0 Å². The van der Waals surface area contributed by atoms with Gasteiger partial charge in [0.15, 0.2) is 0 Å². The minimum absolute atomic E-state index is 0.0832. The van der Waals surface area contributed by atoms with Crippen LogP contribution in [0.25, 0.3) is 27.7 Å². The first-order valence-corrected chi connectivity index (χ1v) is 9.20. The molecule has 2 heterocycles. The highest BCUT2D eigenvalue weighted by Crippen LogP contribution is 2.32. The largest absolute Gasteiger partial charge is 0.283 e. The van der Waals surface area contributed by atoms with Gasteiger partial charge < -0.3 is 0 Å². The highest BCUT2D eigenvalue weighted by Gasteiger charge is 2.23. The van der Waals surface area contributed by atoms with Crippen LogP contribution in [0.15, 0.2) is 53.1 Å². The Kier molecular flexibility index (Phi) is 3.69. The number of aromatic nitrogens is 3. The lowest BCUT2D eigenvalue weighted by Gasteiger charge is -2.21. The zero-order valence-electron chi connectivity index (χ0n) is 14.8. The Morgan fingerprint density at radius 1 is 0.920 bits per heavy atom. The molecule has 4 heteroatoms. The molecule has 4 aromatic rings. The van der Waals surface area contributed by atoms with Crippen molar-refractivity contribution in [3.63, 3.8) is 0 Å². The SMILES string of the molecule is Cc1c(Br)nc2c3ccc(-c4ccccc4)cc3nc(C(C)(C)C)n12. The van der Waals surface area contributed by atoms with Crippen molar-refractivity contribution in [1.82, 2.24) is 14.4 Å². The molecule has 0 bridgehead atoms. The van der Waals surface area contributed by atoms with E-state index in [2.05, 4.69) is 90.5 Å². The van der Waals surface area contributed by atoms with E-state index in [9.17, 15) is 0 Å². The van der Waals surface area contributed by atoms with Crippen molar-refractivity contribution in [2.45, 2.75) is 33.1 Å². The van der Waals surface area contributed by atoms with E-state index in [-0.39, 0.29) is 5.41 Å².